The maximum absolute atomic E-state index is 14.1. The van der Waals surface area contributed by atoms with Crippen LogP contribution in [0.3, 0.4) is 0 Å². The lowest BCUT2D eigenvalue weighted by Gasteiger charge is -2.25. The van der Waals surface area contributed by atoms with Gasteiger partial charge in [0.25, 0.3) is 0 Å². The van der Waals surface area contributed by atoms with Crippen LogP contribution in [0.1, 0.15) is 19.4 Å². The third-order valence-electron chi connectivity index (χ3n) is 4.08. The van der Waals surface area contributed by atoms with E-state index >= 15 is 0 Å². The predicted octanol–water partition coefficient (Wildman–Crippen LogP) is 4.16. The molecule has 1 aromatic heterocycles. The van der Waals surface area contributed by atoms with Crippen LogP contribution in [0.5, 0.6) is 0 Å². The van der Waals surface area contributed by atoms with Crippen molar-refractivity contribution in [1.29, 1.82) is 0 Å². The standard InChI is InChI=1S/C19H18ClFN6O3.C2H6.CH4O/c1-12(30-13(2)14-3-4-15(20)17(9-14)26-28)10-23-25-19-22-11-16(21)18(24-19)27-5-7-29-8-6-27;2*1-2/h3-4,9-11H,1-2,5-8H2,(H,22,24,25);1-2H3;2H,1H3/p+1/b23-10-;;. The van der Waals surface area contributed by atoms with Gasteiger partial charge in [0.15, 0.2) is 0 Å². The second-order valence-electron chi connectivity index (χ2n) is 6.14. The number of morpholine rings is 1. The van der Waals surface area contributed by atoms with Crippen molar-refractivity contribution < 1.29 is 24.0 Å². The molecule has 1 aromatic carbocycles. The Morgan fingerprint density at radius 2 is 2.03 bits per heavy atom. The van der Waals surface area contributed by atoms with Crippen molar-refractivity contribution in [2.45, 2.75) is 13.8 Å². The van der Waals surface area contributed by atoms with Gasteiger partial charge >= 0.3 is 5.95 Å². The summed E-state index contributed by atoms with van der Waals surface area (Å²) in [6.07, 6.45) is 2.50. The molecule has 0 radical (unpaired) electrons. The minimum Gasteiger partial charge on any atom is -0.456 e. The molecular weight excluding hydrogens is 467 g/mol. The fourth-order valence-electron chi connectivity index (χ4n) is 2.61. The first kappa shape index (κ1) is 28.6. The molecule has 0 bridgehead atoms. The molecule has 0 spiro atoms. The van der Waals surface area contributed by atoms with Crippen LogP contribution < -0.4 is 15.3 Å². The van der Waals surface area contributed by atoms with E-state index in [0.29, 0.717) is 31.9 Å². The van der Waals surface area contributed by atoms with Crippen molar-refractivity contribution >= 4 is 41.0 Å². The Balaban J connectivity index is 0.00000137. The van der Waals surface area contributed by atoms with Crippen LogP contribution in [-0.4, -0.2) is 49.7 Å². The van der Waals surface area contributed by atoms with E-state index in [1.165, 1.54) is 24.5 Å². The number of nitroso groups, excluding NO2 is 1. The van der Waals surface area contributed by atoms with Crippen LogP contribution in [0, 0.1) is 10.7 Å². The van der Waals surface area contributed by atoms with Crippen LogP contribution in [0.4, 0.5) is 21.8 Å². The SMILES string of the molecule is C=C(/C=N\Nc1nc(N2CCOCC2)c(F)c[nH+]1)OC(=C)c1ccc(Cl)c(N=O)c1.CC.CO. The van der Waals surface area contributed by atoms with Crippen LogP contribution in [0.25, 0.3) is 5.76 Å². The van der Waals surface area contributed by atoms with Crippen molar-refractivity contribution in [1.82, 2.24) is 4.98 Å². The molecule has 2 heterocycles. The number of aromatic amines is 1. The van der Waals surface area contributed by atoms with Gasteiger partial charge in [0.2, 0.25) is 11.6 Å². The molecule has 12 heteroatoms. The Labute approximate surface area is 202 Å². The maximum Gasteiger partial charge on any atom is 0.415 e. The van der Waals surface area contributed by atoms with Crippen LogP contribution in [-0.2, 0) is 9.47 Å². The first-order chi connectivity index (χ1) is 16.5. The van der Waals surface area contributed by atoms with Gasteiger partial charge in [-0.05, 0) is 28.4 Å². The van der Waals surface area contributed by atoms with E-state index in [0.717, 1.165) is 7.11 Å². The number of nitrogens with zero attached hydrogens (tertiary/aromatic N) is 4. The number of allylic oxidation sites excluding steroid dienone is 1. The number of aliphatic hydroxyl groups is 1. The van der Waals surface area contributed by atoms with E-state index in [1.807, 2.05) is 13.8 Å². The minimum absolute atomic E-state index is 0.0776. The number of benzene rings is 1. The first-order valence-electron chi connectivity index (χ1n) is 10.3. The summed E-state index contributed by atoms with van der Waals surface area (Å²) in [7, 11) is 1.00. The highest BCUT2D eigenvalue weighted by Gasteiger charge is 2.22. The molecule has 0 atom stereocenters. The predicted molar refractivity (Wildman–Crippen MR) is 132 cm³/mol. The van der Waals surface area contributed by atoms with Gasteiger partial charge in [-0.15, -0.1) is 10.0 Å². The van der Waals surface area contributed by atoms with Gasteiger partial charge in [-0.3, -0.25) is 0 Å². The highest BCUT2D eigenvalue weighted by Crippen LogP contribution is 2.29. The third-order valence-corrected chi connectivity index (χ3v) is 4.40. The fourth-order valence-corrected chi connectivity index (χ4v) is 2.76. The molecule has 0 aliphatic carbocycles. The molecule has 184 valence electrons. The van der Waals surface area contributed by atoms with Gasteiger partial charge in [0.1, 0.15) is 29.6 Å². The number of anilines is 2. The zero-order valence-electron chi connectivity index (χ0n) is 19.3. The number of H-pyrrole nitrogens is 1. The quantitative estimate of drug-likeness (QED) is 0.244. The lowest BCUT2D eigenvalue weighted by molar-refractivity contribution is -0.367. The van der Waals surface area contributed by atoms with Gasteiger partial charge < -0.3 is 19.5 Å². The van der Waals surface area contributed by atoms with Gasteiger partial charge in [-0.25, -0.2) is 4.98 Å². The smallest absolute Gasteiger partial charge is 0.415 e. The highest BCUT2D eigenvalue weighted by atomic mass is 35.5. The molecule has 2 aromatic rings. The average molecular weight is 496 g/mol. The maximum atomic E-state index is 14.1. The third kappa shape index (κ3) is 8.50. The number of halogens is 2. The van der Waals surface area contributed by atoms with Gasteiger partial charge in [0, 0.05) is 25.8 Å². The number of hydrogen-bond donors (Lipinski definition) is 2. The summed E-state index contributed by atoms with van der Waals surface area (Å²) in [5, 5.41) is 14.0. The van der Waals surface area contributed by atoms with Crippen molar-refractivity contribution in [2.24, 2.45) is 10.3 Å². The molecule has 3 N–H and O–H groups in total. The van der Waals surface area contributed by atoms with Gasteiger partial charge in [-0.1, -0.05) is 38.6 Å². The molecule has 0 unspecified atom stereocenters. The fraction of sp³-hybridized carbons (Fsp3) is 0.318. The number of hydrogen-bond acceptors (Lipinski definition) is 9. The summed E-state index contributed by atoms with van der Waals surface area (Å²) >= 11 is 5.85. The number of nitrogens with one attached hydrogen (secondary N) is 2. The van der Waals surface area contributed by atoms with Crippen molar-refractivity contribution in [3.63, 3.8) is 0 Å². The molecule has 0 saturated carbocycles. The molecular formula is C22H29ClFN6O4+. The summed E-state index contributed by atoms with van der Waals surface area (Å²) in [4.78, 5) is 19.4. The van der Waals surface area contributed by atoms with E-state index in [4.69, 9.17) is 26.2 Å². The largest absolute Gasteiger partial charge is 0.456 e. The number of aromatic nitrogens is 2. The topological polar surface area (TPSA) is 123 Å². The number of rotatable bonds is 8. The monoisotopic (exact) mass is 495 g/mol. The second kappa shape index (κ2) is 15.4. The Hall–Kier alpha value is -3.41. The van der Waals surface area contributed by atoms with E-state index in [-0.39, 0.29) is 34.0 Å². The molecule has 3 rings (SSSR count). The van der Waals surface area contributed by atoms with Crippen molar-refractivity contribution in [3.05, 3.63) is 64.6 Å². The van der Waals surface area contributed by atoms with Crippen molar-refractivity contribution in [2.75, 3.05) is 43.7 Å². The van der Waals surface area contributed by atoms with Crippen LogP contribution in [0.2, 0.25) is 5.02 Å². The van der Waals surface area contributed by atoms with E-state index in [2.05, 4.69) is 38.8 Å². The molecule has 1 aliphatic rings. The normalized spacial score (nSPS) is 12.6. The molecule has 1 aliphatic heterocycles. The number of aliphatic hydroxyl groups excluding tert-OH is 1. The Bertz CT molecular complexity index is 999. The van der Waals surface area contributed by atoms with Gasteiger partial charge in [-0.2, -0.15) is 9.82 Å². The summed E-state index contributed by atoms with van der Waals surface area (Å²) in [6.45, 7) is 13.6. The zero-order valence-corrected chi connectivity index (χ0v) is 20.1. The number of hydrazone groups is 1. The van der Waals surface area contributed by atoms with Crippen LogP contribution >= 0.6 is 11.6 Å². The van der Waals surface area contributed by atoms with Gasteiger partial charge in [0.05, 0.1) is 18.2 Å². The minimum atomic E-state index is -0.470. The summed E-state index contributed by atoms with van der Waals surface area (Å²) < 4.78 is 24.8. The highest BCUT2D eigenvalue weighted by molar-refractivity contribution is 6.33. The lowest BCUT2D eigenvalue weighted by Crippen LogP contribution is -2.38. The lowest BCUT2D eigenvalue weighted by atomic mass is 10.2. The molecule has 1 saturated heterocycles. The van der Waals surface area contributed by atoms with E-state index in [9.17, 15) is 9.30 Å². The molecule has 1 fully saturated rings. The second-order valence-corrected chi connectivity index (χ2v) is 6.55. The molecule has 34 heavy (non-hydrogen) atoms. The summed E-state index contributed by atoms with van der Waals surface area (Å²) in [6, 6.07) is 4.60. The number of ether oxygens (including phenoxy) is 2. The molecule has 10 nitrogen and oxygen atoms in total. The van der Waals surface area contributed by atoms with Crippen LogP contribution in [0.15, 0.2) is 53.6 Å². The van der Waals surface area contributed by atoms with E-state index in [1.54, 1.807) is 11.0 Å². The first-order valence-corrected chi connectivity index (χ1v) is 10.7. The molecule has 0 amide bonds. The van der Waals surface area contributed by atoms with E-state index < -0.39 is 5.82 Å². The summed E-state index contributed by atoms with van der Waals surface area (Å²) in [5.41, 5.74) is 3.25. The Morgan fingerprint density at radius 1 is 1.35 bits per heavy atom. The summed E-state index contributed by atoms with van der Waals surface area (Å²) in [5.74, 6) is 0.371. The average Bonchev–Trinajstić information content (AvgIpc) is 2.88. The Morgan fingerprint density at radius 3 is 2.68 bits per heavy atom. The zero-order chi connectivity index (χ0) is 25.5. The van der Waals surface area contributed by atoms with Crippen molar-refractivity contribution in [3.8, 4) is 0 Å². The Kier molecular flexibility index (Phi) is 13.0.